The third-order valence-electron chi connectivity index (χ3n) is 3.24. The average molecular weight is 336 g/mol. The van der Waals surface area contributed by atoms with Gasteiger partial charge in [0.15, 0.2) is 22.8 Å². The first kappa shape index (κ1) is 17.3. The molecule has 0 bridgehead atoms. The van der Waals surface area contributed by atoms with Crippen molar-refractivity contribution >= 4 is 23.5 Å². The number of ether oxygens (including phenoxy) is 5. The van der Waals surface area contributed by atoms with E-state index in [9.17, 15) is 14.4 Å². The number of esters is 2. The first-order chi connectivity index (χ1) is 11.5. The van der Waals surface area contributed by atoms with Crippen LogP contribution in [0.4, 0.5) is 0 Å². The Bertz CT molecular complexity index is 707. The fraction of sp³-hybridized carbons (Fsp3) is 0.312. The van der Waals surface area contributed by atoms with E-state index in [4.69, 9.17) is 23.7 Å². The quantitative estimate of drug-likeness (QED) is 0.433. The zero-order chi connectivity index (χ0) is 17.9. The van der Waals surface area contributed by atoms with Crippen LogP contribution in [-0.4, -0.2) is 45.7 Å². The number of Topliss-reactive ketones (excluding diaryl/α,β-unsaturated/α-hetero) is 1. The van der Waals surface area contributed by atoms with Gasteiger partial charge in [0.2, 0.25) is 5.75 Å². The van der Waals surface area contributed by atoms with Crippen LogP contribution in [0.5, 0.6) is 17.2 Å². The van der Waals surface area contributed by atoms with Gasteiger partial charge < -0.3 is 23.7 Å². The van der Waals surface area contributed by atoms with Crippen LogP contribution in [0.2, 0.25) is 0 Å². The molecule has 8 nitrogen and oxygen atoms in total. The normalized spacial score (nSPS) is 13.7. The summed E-state index contributed by atoms with van der Waals surface area (Å²) >= 11 is 0. The second kappa shape index (κ2) is 7.03. The van der Waals surface area contributed by atoms with Crippen molar-refractivity contribution in [3.05, 3.63) is 23.3 Å². The Balaban J connectivity index is 2.65. The zero-order valence-corrected chi connectivity index (χ0v) is 13.6. The summed E-state index contributed by atoms with van der Waals surface area (Å²) in [7, 11) is 4.25. The second-order valence-electron chi connectivity index (χ2n) is 4.56. The number of hydrogen-bond donors (Lipinski definition) is 0. The van der Waals surface area contributed by atoms with Gasteiger partial charge in [0.25, 0.3) is 5.78 Å². The van der Waals surface area contributed by atoms with Crippen molar-refractivity contribution in [2.24, 2.45) is 0 Å². The molecule has 0 aliphatic carbocycles. The average Bonchev–Trinajstić information content (AvgIpc) is 2.88. The summed E-state index contributed by atoms with van der Waals surface area (Å²) in [5, 5.41) is 0. The molecule has 0 spiro atoms. The largest absolute Gasteiger partial charge is 0.493 e. The molecule has 24 heavy (non-hydrogen) atoms. The molecule has 0 unspecified atom stereocenters. The second-order valence-corrected chi connectivity index (χ2v) is 4.56. The number of carbonyl (C=O) groups is 3. The van der Waals surface area contributed by atoms with Crippen LogP contribution in [0.15, 0.2) is 17.7 Å². The Morgan fingerprint density at radius 2 is 1.62 bits per heavy atom. The summed E-state index contributed by atoms with van der Waals surface area (Å²) in [6.07, 6.45) is 0. The van der Waals surface area contributed by atoms with Crippen molar-refractivity contribution in [3.8, 4) is 17.2 Å². The molecule has 0 saturated carbocycles. The highest BCUT2D eigenvalue weighted by Gasteiger charge is 2.40. The number of rotatable bonds is 6. The van der Waals surface area contributed by atoms with Crippen LogP contribution in [0.3, 0.4) is 0 Å². The first-order valence-electron chi connectivity index (χ1n) is 6.96. The molecule has 0 amide bonds. The van der Waals surface area contributed by atoms with E-state index in [0.29, 0.717) is 5.75 Å². The molecule has 1 aliphatic rings. The standard InChI is InChI=1S/C16H16O8/c1-5-23-15(18)11-12(17)16(19)24-13(11)8-6-9(20-2)14(22-4)10(7-8)21-3/h6-7H,5H2,1-4H3. The Kier molecular flexibility index (Phi) is 5.08. The molecule has 2 rings (SSSR count). The predicted octanol–water partition coefficient (Wildman–Crippen LogP) is 1.11. The highest BCUT2D eigenvalue weighted by Crippen LogP contribution is 2.41. The predicted molar refractivity (Wildman–Crippen MR) is 80.8 cm³/mol. The first-order valence-corrected chi connectivity index (χ1v) is 6.96. The van der Waals surface area contributed by atoms with Gasteiger partial charge in [-0.2, -0.15) is 0 Å². The molecule has 1 aromatic carbocycles. The summed E-state index contributed by atoms with van der Waals surface area (Å²) in [4.78, 5) is 35.5. The van der Waals surface area contributed by atoms with E-state index in [2.05, 4.69) is 0 Å². The summed E-state index contributed by atoms with van der Waals surface area (Å²) in [6, 6.07) is 2.92. The Hall–Kier alpha value is -3.03. The van der Waals surface area contributed by atoms with E-state index in [1.165, 1.54) is 33.5 Å². The SMILES string of the molecule is CCOC(=O)C1=C(c2cc(OC)c(OC)c(OC)c2)OC(=O)C1=O. The van der Waals surface area contributed by atoms with Gasteiger partial charge in [0, 0.05) is 5.56 Å². The molecule has 0 saturated heterocycles. The van der Waals surface area contributed by atoms with Crippen LogP contribution in [0, 0.1) is 0 Å². The van der Waals surface area contributed by atoms with Gasteiger partial charge in [-0.05, 0) is 19.1 Å². The Morgan fingerprint density at radius 3 is 2.08 bits per heavy atom. The van der Waals surface area contributed by atoms with Crippen LogP contribution >= 0.6 is 0 Å². The Labute approximate surface area is 137 Å². The van der Waals surface area contributed by atoms with Gasteiger partial charge in [-0.25, -0.2) is 9.59 Å². The van der Waals surface area contributed by atoms with E-state index >= 15 is 0 Å². The van der Waals surface area contributed by atoms with Crippen LogP contribution in [-0.2, 0) is 23.9 Å². The van der Waals surface area contributed by atoms with Gasteiger partial charge >= 0.3 is 11.9 Å². The molecule has 0 N–H and O–H groups in total. The number of cyclic esters (lactones) is 1. The lowest BCUT2D eigenvalue weighted by Crippen LogP contribution is -2.17. The van der Waals surface area contributed by atoms with E-state index in [-0.39, 0.29) is 29.4 Å². The lowest BCUT2D eigenvalue weighted by Gasteiger charge is -2.14. The van der Waals surface area contributed by atoms with E-state index in [1.54, 1.807) is 6.92 Å². The molecule has 0 fully saturated rings. The van der Waals surface area contributed by atoms with Crippen LogP contribution < -0.4 is 14.2 Å². The smallest absolute Gasteiger partial charge is 0.385 e. The number of hydrogen-bond acceptors (Lipinski definition) is 8. The maximum absolute atomic E-state index is 12.0. The van der Waals surface area contributed by atoms with Crippen LogP contribution in [0.25, 0.3) is 5.76 Å². The van der Waals surface area contributed by atoms with Crippen molar-refractivity contribution in [1.29, 1.82) is 0 Å². The number of ketones is 1. The van der Waals surface area contributed by atoms with Crippen molar-refractivity contribution in [1.82, 2.24) is 0 Å². The molecule has 0 radical (unpaired) electrons. The molecule has 0 aromatic heterocycles. The minimum atomic E-state index is -1.15. The summed E-state index contributed by atoms with van der Waals surface area (Å²) < 4.78 is 25.4. The van der Waals surface area contributed by atoms with Gasteiger partial charge in [0.1, 0.15) is 0 Å². The fourth-order valence-corrected chi connectivity index (χ4v) is 2.20. The van der Waals surface area contributed by atoms with E-state index in [1.807, 2.05) is 0 Å². The van der Waals surface area contributed by atoms with Gasteiger partial charge in [-0.15, -0.1) is 0 Å². The van der Waals surface area contributed by atoms with Gasteiger partial charge in [0.05, 0.1) is 27.9 Å². The molecule has 128 valence electrons. The lowest BCUT2D eigenvalue weighted by atomic mass is 10.1. The van der Waals surface area contributed by atoms with Gasteiger partial charge in [-0.3, -0.25) is 4.79 Å². The molecule has 1 heterocycles. The van der Waals surface area contributed by atoms with E-state index < -0.39 is 23.3 Å². The van der Waals surface area contributed by atoms with Gasteiger partial charge in [-0.1, -0.05) is 0 Å². The lowest BCUT2D eigenvalue weighted by molar-refractivity contribution is -0.147. The number of benzene rings is 1. The molecule has 1 aromatic rings. The van der Waals surface area contributed by atoms with Crippen molar-refractivity contribution in [3.63, 3.8) is 0 Å². The molecule has 1 aliphatic heterocycles. The maximum Gasteiger partial charge on any atom is 0.385 e. The Morgan fingerprint density at radius 1 is 1.04 bits per heavy atom. The highest BCUT2D eigenvalue weighted by atomic mass is 16.6. The summed E-state index contributed by atoms with van der Waals surface area (Å²) in [6.45, 7) is 1.63. The monoisotopic (exact) mass is 336 g/mol. The van der Waals surface area contributed by atoms with E-state index in [0.717, 1.165) is 0 Å². The third-order valence-corrected chi connectivity index (χ3v) is 3.24. The van der Waals surface area contributed by atoms with Crippen molar-refractivity contribution in [2.75, 3.05) is 27.9 Å². The molecule has 8 heteroatoms. The van der Waals surface area contributed by atoms with Crippen molar-refractivity contribution in [2.45, 2.75) is 6.92 Å². The topological polar surface area (TPSA) is 97.4 Å². The maximum atomic E-state index is 12.0. The minimum absolute atomic E-state index is 0.0480. The zero-order valence-electron chi connectivity index (χ0n) is 13.6. The number of carbonyl (C=O) groups excluding carboxylic acids is 3. The highest BCUT2D eigenvalue weighted by molar-refractivity contribution is 6.51. The molecular formula is C16H16O8. The molecular weight excluding hydrogens is 320 g/mol. The molecule has 0 atom stereocenters. The summed E-state index contributed by atoms with van der Waals surface area (Å²) in [5.41, 5.74) is -0.220. The minimum Gasteiger partial charge on any atom is -0.493 e. The summed E-state index contributed by atoms with van der Waals surface area (Å²) in [5.74, 6) is -2.48. The van der Waals surface area contributed by atoms with Crippen molar-refractivity contribution < 1.29 is 38.1 Å². The third kappa shape index (κ3) is 2.90. The van der Waals surface area contributed by atoms with Crippen LogP contribution in [0.1, 0.15) is 12.5 Å². The number of methoxy groups -OCH3 is 3. The fourth-order valence-electron chi connectivity index (χ4n) is 2.20.